The third-order valence-electron chi connectivity index (χ3n) is 4.87. The van der Waals surface area contributed by atoms with Gasteiger partial charge in [0.05, 0.1) is 0 Å². The van der Waals surface area contributed by atoms with Crippen molar-refractivity contribution in [2.24, 2.45) is 5.41 Å². The van der Waals surface area contributed by atoms with E-state index in [1.807, 2.05) is 0 Å². The van der Waals surface area contributed by atoms with Gasteiger partial charge in [0.25, 0.3) is 0 Å². The highest BCUT2D eigenvalue weighted by Crippen LogP contribution is 2.33. The average molecular weight is 252 g/mol. The standard InChI is InChI=1S/C16H32N2/c1-4-17-14-9-7-5-6-8-10-15(14)18-12-11-16(2,3)13-18/h14-15,17H,4-13H2,1-3H3. The van der Waals surface area contributed by atoms with Crippen LogP contribution in [0.3, 0.4) is 0 Å². The van der Waals surface area contributed by atoms with Crippen LogP contribution in [0.2, 0.25) is 0 Å². The fourth-order valence-electron chi connectivity index (χ4n) is 3.84. The summed E-state index contributed by atoms with van der Waals surface area (Å²) >= 11 is 0. The third kappa shape index (κ3) is 3.71. The molecule has 0 bridgehead atoms. The molecule has 0 spiro atoms. The van der Waals surface area contributed by atoms with Crippen LogP contribution >= 0.6 is 0 Å². The van der Waals surface area contributed by atoms with Crippen molar-refractivity contribution in [1.29, 1.82) is 0 Å². The van der Waals surface area contributed by atoms with Crippen LogP contribution in [0.5, 0.6) is 0 Å². The van der Waals surface area contributed by atoms with E-state index in [4.69, 9.17) is 0 Å². The van der Waals surface area contributed by atoms with Crippen LogP contribution in [0, 0.1) is 5.41 Å². The summed E-state index contributed by atoms with van der Waals surface area (Å²) in [4.78, 5) is 2.79. The summed E-state index contributed by atoms with van der Waals surface area (Å²) in [5.74, 6) is 0. The number of likely N-dealkylation sites (N-methyl/N-ethyl adjacent to an activating group) is 1. The molecule has 0 amide bonds. The lowest BCUT2D eigenvalue weighted by molar-refractivity contribution is 0.149. The molecule has 0 radical (unpaired) electrons. The Morgan fingerprint density at radius 2 is 1.83 bits per heavy atom. The largest absolute Gasteiger partial charge is 0.313 e. The van der Waals surface area contributed by atoms with Gasteiger partial charge in [-0.1, -0.05) is 46.5 Å². The molecule has 2 heteroatoms. The second kappa shape index (κ2) is 6.38. The van der Waals surface area contributed by atoms with Gasteiger partial charge in [0, 0.05) is 18.6 Å². The fraction of sp³-hybridized carbons (Fsp3) is 1.00. The number of likely N-dealkylation sites (tertiary alicyclic amines) is 1. The summed E-state index contributed by atoms with van der Waals surface area (Å²) in [5.41, 5.74) is 0.541. The zero-order chi connectivity index (χ0) is 13.0. The van der Waals surface area contributed by atoms with E-state index in [9.17, 15) is 0 Å². The molecule has 2 fully saturated rings. The van der Waals surface area contributed by atoms with E-state index in [0.29, 0.717) is 5.41 Å². The van der Waals surface area contributed by atoms with E-state index in [2.05, 4.69) is 31.0 Å². The maximum Gasteiger partial charge on any atom is 0.0249 e. The highest BCUT2D eigenvalue weighted by molar-refractivity contribution is 4.92. The second-order valence-corrected chi connectivity index (χ2v) is 7.11. The second-order valence-electron chi connectivity index (χ2n) is 7.11. The predicted octanol–water partition coefficient (Wildman–Crippen LogP) is 3.42. The van der Waals surface area contributed by atoms with E-state index >= 15 is 0 Å². The molecule has 106 valence electrons. The minimum absolute atomic E-state index is 0.541. The molecule has 1 heterocycles. The predicted molar refractivity (Wildman–Crippen MR) is 78.9 cm³/mol. The third-order valence-corrected chi connectivity index (χ3v) is 4.87. The Morgan fingerprint density at radius 1 is 1.11 bits per heavy atom. The van der Waals surface area contributed by atoms with Gasteiger partial charge in [0.2, 0.25) is 0 Å². The summed E-state index contributed by atoms with van der Waals surface area (Å²) in [6.07, 6.45) is 9.92. The van der Waals surface area contributed by atoms with E-state index in [0.717, 1.165) is 18.6 Å². The maximum atomic E-state index is 3.76. The molecular formula is C16H32N2. The van der Waals surface area contributed by atoms with Crippen molar-refractivity contribution in [3.8, 4) is 0 Å². The van der Waals surface area contributed by atoms with Crippen molar-refractivity contribution < 1.29 is 0 Å². The van der Waals surface area contributed by atoms with Crippen molar-refractivity contribution in [2.45, 2.75) is 77.8 Å². The van der Waals surface area contributed by atoms with Crippen LogP contribution in [0.25, 0.3) is 0 Å². The normalized spacial score (nSPS) is 34.2. The molecule has 2 nitrogen and oxygen atoms in total. The Bertz CT molecular complexity index is 247. The van der Waals surface area contributed by atoms with Crippen molar-refractivity contribution in [1.82, 2.24) is 10.2 Å². The van der Waals surface area contributed by atoms with E-state index in [-0.39, 0.29) is 0 Å². The Hall–Kier alpha value is -0.0800. The molecule has 2 unspecified atom stereocenters. The summed E-state index contributed by atoms with van der Waals surface area (Å²) in [5, 5.41) is 3.76. The Labute approximate surface area is 114 Å². The van der Waals surface area contributed by atoms with Crippen LogP contribution in [0.1, 0.15) is 65.7 Å². The van der Waals surface area contributed by atoms with Crippen LogP contribution in [-0.4, -0.2) is 36.6 Å². The van der Waals surface area contributed by atoms with E-state index in [1.54, 1.807) is 0 Å². The minimum atomic E-state index is 0.541. The SMILES string of the molecule is CCNC1CCCCCCC1N1CCC(C)(C)C1. The molecule has 2 rings (SSSR count). The summed E-state index contributed by atoms with van der Waals surface area (Å²) in [7, 11) is 0. The first-order valence-electron chi connectivity index (χ1n) is 8.10. The van der Waals surface area contributed by atoms with E-state index in [1.165, 1.54) is 58.0 Å². The number of hydrogen-bond donors (Lipinski definition) is 1. The zero-order valence-electron chi connectivity index (χ0n) is 12.7. The molecule has 1 saturated carbocycles. The Morgan fingerprint density at radius 3 is 2.44 bits per heavy atom. The Balaban J connectivity index is 2.00. The van der Waals surface area contributed by atoms with Crippen LogP contribution in [0.15, 0.2) is 0 Å². The average Bonchev–Trinajstić information content (AvgIpc) is 2.63. The summed E-state index contributed by atoms with van der Waals surface area (Å²) in [6, 6.07) is 1.54. The topological polar surface area (TPSA) is 15.3 Å². The molecule has 0 aromatic carbocycles. The van der Waals surface area contributed by atoms with Gasteiger partial charge < -0.3 is 5.32 Å². The Kier molecular flexibility index (Phi) is 5.08. The number of rotatable bonds is 3. The summed E-state index contributed by atoms with van der Waals surface area (Å²) in [6.45, 7) is 10.9. The monoisotopic (exact) mass is 252 g/mol. The van der Waals surface area contributed by atoms with Gasteiger partial charge >= 0.3 is 0 Å². The lowest BCUT2D eigenvalue weighted by Crippen LogP contribution is -2.50. The number of hydrogen-bond acceptors (Lipinski definition) is 2. The summed E-state index contributed by atoms with van der Waals surface area (Å²) < 4.78 is 0. The number of nitrogens with zero attached hydrogens (tertiary/aromatic N) is 1. The first-order chi connectivity index (χ1) is 8.62. The van der Waals surface area contributed by atoms with Crippen molar-refractivity contribution in [2.75, 3.05) is 19.6 Å². The first-order valence-corrected chi connectivity index (χ1v) is 8.10. The quantitative estimate of drug-likeness (QED) is 0.828. The van der Waals surface area contributed by atoms with Gasteiger partial charge in [-0.15, -0.1) is 0 Å². The van der Waals surface area contributed by atoms with Gasteiger partial charge in [0.1, 0.15) is 0 Å². The highest BCUT2D eigenvalue weighted by atomic mass is 15.2. The zero-order valence-corrected chi connectivity index (χ0v) is 12.7. The van der Waals surface area contributed by atoms with Crippen LogP contribution in [-0.2, 0) is 0 Å². The van der Waals surface area contributed by atoms with Gasteiger partial charge in [-0.25, -0.2) is 0 Å². The molecule has 1 saturated heterocycles. The fourth-order valence-corrected chi connectivity index (χ4v) is 3.84. The molecule has 0 aromatic rings. The van der Waals surface area contributed by atoms with Gasteiger partial charge in [-0.3, -0.25) is 4.90 Å². The maximum absolute atomic E-state index is 3.76. The van der Waals surface area contributed by atoms with Crippen LogP contribution in [0.4, 0.5) is 0 Å². The highest BCUT2D eigenvalue weighted by Gasteiger charge is 2.36. The molecule has 2 aliphatic rings. The van der Waals surface area contributed by atoms with Crippen LogP contribution < -0.4 is 5.32 Å². The van der Waals surface area contributed by atoms with Gasteiger partial charge in [0.15, 0.2) is 0 Å². The lowest BCUT2D eigenvalue weighted by atomic mass is 9.90. The van der Waals surface area contributed by atoms with Crippen molar-refractivity contribution in [3.05, 3.63) is 0 Å². The molecule has 0 aromatic heterocycles. The lowest BCUT2D eigenvalue weighted by Gasteiger charge is -2.37. The molecule has 1 N–H and O–H groups in total. The van der Waals surface area contributed by atoms with Crippen molar-refractivity contribution >= 4 is 0 Å². The van der Waals surface area contributed by atoms with Gasteiger partial charge in [-0.05, 0) is 37.8 Å². The molecule has 1 aliphatic heterocycles. The first kappa shape index (κ1) is 14.3. The minimum Gasteiger partial charge on any atom is -0.313 e. The molecule has 2 atom stereocenters. The van der Waals surface area contributed by atoms with Gasteiger partial charge in [-0.2, -0.15) is 0 Å². The smallest absolute Gasteiger partial charge is 0.0249 e. The van der Waals surface area contributed by atoms with E-state index < -0.39 is 0 Å². The number of nitrogens with one attached hydrogen (secondary N) is 1. The molecule has 18 heavy (non-hydrogen) atoms. The molecular weight excluding hydrogens is 220 g/mol. The van der Waals surface area contributed by atoms with Crippen molar-refractivity contribution in [3.63, 3.8) is 0 Å². The molecule has 1 aliphatic carbocycles.